The number of ether oxygens (including phenoxy) is 1. The predicted octanol–water partition coefficient (Wildman–Crippen LogP) is 5.27. The number of anilines is 1. The first-order chi connectivity index (χ1) is 18.2. The van der Waals surface area contributed by atoms with Crippen LogP contribution < -0.4 is 4.90 Å². The van der Waals surface area contributed by atoms with Gasteiger partial charge in [0.25, 0.3) is 5.91 Å². The Balaban J connectivity index is 1.33. The van der Waals surface area contributed by atoms with Crippen molar-refractivity contribution in [3.05, 3.63) is 41.5 Å². The molecule has 5 heterocycles. The van der Waals surface area contributed by atoms with E-state index < -0.39 is 0 Å². The van der Waals surface area contributed by atoms with Crippen LogP contribution >= 0.6 is 11.3 Å². The Bertz CT molecular complexity index is 1210. The largest absolute Gasteiger partial charge is 0.363 e. The average Bonchev–Trinajstić information content (AvgIpc) is 3.73. The lowest BCUT2D eigenvalue weighted by molar-refractivity contribution is -0.0858. The number of nitrogens with zero attached hydrogens (tertiary/aromatic N) is 5. The number of amides is 1. The number of likely N-dealkylation sites (tertiary alicyclic amines) is 2. The van der Waals surface area contributed by atoms with Crippen LogP contribution in [0.3, 0.4) is 0 Å². The highest BCUT2D eigenvalue weighted by atomic mass is 32.1. The summed E-state index contributed by atoms with van der Waals surface area (Å²) in [5.74, 6) is 1.64. The summed E-state index contributed by atoms with van der Waals surface area (Å²) < 4.78 is 6.27. The van der Waals surface area contributed by atoms with Crippen molar-refractivity contribution in [3.8, 4) is 11.1 Å². The summed E-state index contributed by atoms with van der Waals surface area (Å²) in [5.41, 5.74) is 2.06. The van der Waals surface area contributed by atoms with Gasteiger partial charge in [0.1, 0.15) is 28.1 Å². The number of thiophene rings is 1. The molecule has 1 unspecified atom stereocenters. The van der Waals surface area contributed by atoms with Gasteiger partial charge in [-0.05, 0) is 51.0 Å². The first kappa shape index (κ1) is 24.8. The van der Waals surface area contributed by atoms with E-state index in [0.717, 1.165) is 104 Å². The third-order valence-electron chi connectivity index (χ3n) is 8.20. The lowest BCUT2D eigenvalue weighted by Crippen LogP contribution is -2.46. The lowest BCUT2D eigenvalue weighted by Gasteiger charge is -2.40. The van der Waals surface area contributed by atoms with E-state index in [4.69, 9.17) is 9.72 Å². The Morgan fingerprint density at radius 3 is 2.41 bits per heavy atom. The van der Waals surface area contributed by atoms with Crippen LogP contribution in [0.1, 0.15) is 55.1 Å². The Morgan fingerprint density at radius 2 is 1.70 bits per heavy atom. The molecule has 1 aromatic carbocycles. The van der Waals surface area contributed by atoms with Crippen LogP contribution in [0.4, 0.5) is 5.82 Å². The van der Waals surface area contributed by atoms with E-state index in [1.54, 1.807) is 6.33 Å². The van der Waals surface area contributed by atoms with Crippen molar-refractivity contribution in [3.63, 3.8) is 0 Å². The van der Waals surface area contributed by atoms with Gasteiger partial charge in [-0.3, -0.25) is 9.69 Å². The number of hydrogen-bond acceptors (Lipinski definition) is 7. The van der Waals surface area contributed by atoms with Crippen LogP contribution in [-0.4, -0.2) is 77.8 Å². The van der Waals surface area contributed by atoms with Gasteiger partial charge in [0.05, 0.1) is 5.39 Å². The molecule has 0 bridgehead atoms. The van der Waals surface area contributed by atoms with Gasteiger partial charge in [-0.1, -0.05) is 30.3 Å². The standard InChI is InChI=1S/C29H37N5O2S/c1-2-36-29(34-16-8-9-17-34)22-12-18-32(19-13-22)26-24-23(21-10-4-3-5-11-21)25(37-27(24)31-20-30-26)28(35)33-14-6-7-15-33/h3-5,10-11,20,22,29H,2,6-9,12-19H2,1H3. The van der Waals surface area contributed by atoms with Crippen LogP contribution in [0.15, 0.2) is 36.7 Å². The Kier molecular flexibility index (Phi) is 7.40. The number of fused-ring (bicyclic) bond motifs is 1. The van der Waals surface area contributed by atoms with Crippen LogP contribution in [0.2, 0.25) is 0 Å². The molecule has 8 heteroatoms. The summed E-state index contributed by atoms with van der Waals surface area (Å²) in [6.07, 6.45) is 8.78. The minimum absolute atomic E-state index is 0.134. The molecule has 1 amide bonds. The van der Waals surface area contributed by atoms with E-state index >= 15 is 0 Å². The van der Waals surface area contributed by atoms with Gasteiger partial charge < -0.3 is 14.5 Å². The maximum absolute atomic E-state index is 13.7. The molecule has 3 fully saturated rings. The predicted molar refractivity (Wildman–Crippen MR) is 149 cm³/mol. The highest BCUT2D eigenvalue weighted by Crippen LogP contribution is 2.43. The van der Waals surface area contributed by atoms with E-state index in [2.05, 4.69) is 33.8 Å². The zero-order valence-corrected chi connectivity index (χ0v) is 22.6. The molecular formula is C29H37N5O2S. The molecule has 7 nitrogen and oxygen atoms in total. The first-order valence-electron chi connectivity index (χ1n) is 14.0. The van der Waals surface area contributed by atoms with Gasteiger partial charge in [-0.2, -0.15) is 0 Å². The quantitative estimate of drug-likeness (QED) is 0.424. The maximum atomic E-state index is 13.7. The molecule has 1 atom stereocenters. The smallest absolute Gasteiger partial charge is 0.264 e. The Labute approximate surface area is 223 Å². The van der Waals surface area contributed by atoms with Crippen LogP contribution in [0, 0.1) is 5.92 Å². The topological polar surface area (TPSA) is 61.8 Å². The van der Waals surface area contributed by atoms with Crippen molar-refractivity contribution >= 4 is 33.3 Å². The van der Waals surface area contributed by atoms with E-state index in [-0.39, 0.29) is 12.1 Å². The molecule has 3 aromatic rings. The van der Waals surface area contributed by atoms with Crippen LogP contribution in [-0.2, 0) is 4.74 Å². The SMILES string of the molecule is CCOC(C1CCN(c2ncnc3sc(C(=O)N4CCCC4)c(-c4ccccc4)c23)CC1)N1CCCC1. The van der Waals surface area contributed by atoms with Gasteiger partial charge in [0.2, 0.25) is 0 Å². The van der Waals surface area contributed by atoms with Crippen molar-refractivity contribution in [1.29, 1.82) is 0 Å². The molecule has 2 aromatic heterocycles. The maximum Gasteiger partial charge on any atom is 0.264 e. The summed E-state index contributed by atoms with van der Waals surface area (Å²) in [6.45, 7) is 8.73. The number of aromatic nitrogens is 2. The minimum Gasteiger partial charge on any atom is -0.363 e. The second kappa shape index (κ2) is 11.1. The van der Waals surface area contributed by atoms with Gasteiger partial charge in [0, 0.05) is 57.4 Å². The minimum atomic E-state index is 0.134. The van der Waals surface area contributed by atoms with Crippen molar-refractivity contribution in [2.45, 2.75) is 51.7 Å². The third-order valence-corrected chi connectivity index (χ3v) is 9.28. The molecule has 0 spiro atoms. The molecule has 0 aliphatic carbocycles. The van der Waals surface area contributed by atoms with Gasteiger partial charge in [0.15, 0.2) is 0 Å². The highest BCUT2D eigenvalue weighted by Gasteiger charge is 2.34. The third kappa shape index (κ3) is 4.87. The second-order valence-electron chi connectivity index (χ2n) is 10.5. The molecule has 3 aliphatic rings. The van der Waals surface area contributed by atoms with Crippen LogP contribution in [0.25, 0.3) is 21.3 Å². The zero-order chi connectivity index (χ0) is 25.2. The first-order valence-corrected chi connectivity index (χ1v) is 14.8. The second-order valence-corrected chi connectivity index (χ2v) is 11.5. The molecule has 0 N–H and O–H groups in total. The molecule has 3 saturated heterocycles. The summed E-state index contributed by atoms with van der Waals surface area (Å²) in [7, 11) is 0. The summed E-state index contributed by atoms with van der Waals surface area (Å²) in [6, 6.07) is 10.3. The fraction of sp³-hybridized carbons (Fsp3) is 0.552. The van der Waals surface area contributed by atoms with E-state index in [1.165, 1.54) is 24.2 Å². The van der Waals surface area contributed by atoms with Crippen LogP contribution in [0.5, 0.6) is 0 Å². The Hall–Kier alpha value is -2.55. The van der Waals surface area contributed by atoms with E-state index in [1.807, 2.05) is 23.1 Å². The lowest BCUT2D eigenvalue weighted by atomic mass is 9.93. The fourth-order valence-electron chi connectivity index (χ4n) is 6.36. The fourth-order valence-corrected chi connectivity index (χ4v) is 7.48. The number of hydrogen-bond donors (Lipinski definition) is 0. The van der Waals surface area contributed by atoms with Crippen molar-refractivity contribution < 1.29 is 9.53 Å². The average molecular weight is 520 g/mol. The normalized spacial score (nSPS) is 20.2. The number of piperidine rings is 1. The molecule has 37 heavy (non-hydrogen) atoms. The van der Waals surface area contributed by atoms with E-state index in [9.17, 15) is 4.79 Å². The summed E-state index contributed by atoms with van der Waals surface area (Å²) >= 11 is 1.53. The molecule has 6 rings (SSSR count). The van der Waals surface area contributed by atoms with E-state index in [0.29, 0.717) is 5.92 Å². The Morgan fingerprint density at radius 1 is 1.00 bits per heavy atom. The van der Waals surface area contributed by atoms with Crippen molar-refractivity contribution in [2.24, 2.45) is 5.92 Å². The van der Waals surface area contributed by atoms with Crippen molar-refractivity contribution in [1.82, 2.24) is 19.8 Å². The summed E-state index contributed by atoms with van der Waals surface area (Å²) in [4.78, 5) is 31.8. The number of rotatable bonds is 7. The molecule has 3 aliphatic heterocycles. The van der Waals surface area contributed by atoms with Gasteiger partial charge in [-0.15, -0.1) is 11.3 Å². The monoisotopic (exact) mass is 519 g/mol. The zero-order valence-electron chi connectivity index (χ0n) is 21.8. The molecule has 0 radical (unpaired) electrons. The number of carbonyl (C=O) groups is 1. The highest BCUT2D eigenvalue weighted by molar-refractivity contribution is 7.21. The number of carbonyl (C=O) groups excluding carboxylic acids is 1. The summed E-state index contributed by atoms with van der Waals surface area (Å²) in [5, 5.41) is 1.03. The van der Waals surface area contributed by atoms with Crippen molar-refractivity contribution in [2.75, 3.05) is 50.8 Å². The molecular weight excluding hydrogens is 482 g/mol. The molecule has 0 saturated carbocycles. The number of benzene rings is 1. The molecule has 196 valence electrons. The van der Waals surface area contributed by atoms with Gasteiger partial charge >= 0.3 is 0 Å². The van der Waals surface area contributed by atoms with Gasteiger partial charge in [-0.25, -0.2) is 9.97 Å².